The van der Waals surface area contributed by atoms with Crippen LogP contribution in [-0.2, 0) is 14.8 Å². The summed E-state index contributed by atoms with van der Waals surface area (Å²) in [6.45, 7) is 1.79. The minimum absolute atomic E-state index is 0.0875. The van der Waals surface area contributed by atoms with E-state index in [9.17, 15) is 13.2 Å². The van der Waals surface area contributed by atoms with Crippen LogP contribution in [0.1, 0.15) is 23.6 Å². The fourth-order valence-corrected chi connectivity index (χ4v) is 7.55. The molecule has 0 spiro atoms. The molecule has 1 fully saturated rings. The summed E-state index contributed by atoms with van der Waals surface area (Å²) < 4.78 is 28.4. The van der Waals surface area contributed by atoms with E-state index < -0.39 is 10.0 Å². The first-order valence-electron chi connectivity index (χ1n) is 14.6. The highest BCUT2D eigenvalue weighted by Crippen LogP contribution is 2.33. The van der Waals surface area contributed by atoms with E-state index in [0.29, 0.717) is 37.5 Å². The Hall–Kier alpha value is -4.37. The monoisotopic (exact) mass is 588 g/mol. The van der Waals surface area contributed by atoms with Crippen molar-refractivity contribution in [1.29, 1.82) is 0 Å². The third-order valence-electron chi connectivity index (χ3n) is 8.48. The van der Waals surface area contributed by atoms with E-state index in [2.05, 4.69) is 30.3 Å². The number of benzene rings is 5. The average Bonchev–Trinajstić information content (AvgIpc) is 3.51. The van der Waals surface area contributed by atoms with Gasteiger partial charge in [0.25, 0.3) is 5.91 Å². The van der Waals surface area contributed by atoms with Crippen molar-refractivity contribution in [3.05, 3.63) is 126 Å². The van der Waals surface area contributed by atoms with Gasteiger partial charge in [0.2, 0.25) is 10.0 Å². The van der Waals surface area contributed by atoms with Crippen molar-refractivity contribution in [2.75, 3.05) is 32.7 Å². The lowest BCUT2D eigenvalue weighted by molar-refractivity contribution is -0.134. The van der Waals surface area contributed by atoms with Gasteiger partial charge in [-0.2, -0.15) is 9.41 Å². The molecule has 5 aromatic carbocycles. The van der Waals surface area contributed by atoms with E-state index in [1.54, 1.807) is 17.1 Å². The number of sulfonamides is 1. The maximum absolute atomic E-state index is 13.8. The van der Waals surface area contributed by atoms with Crippen LogP contribution in [0.25, 0.3) is 21.5 Å². The van der Waals surface area contributed by atoms with Gasteiger partial charge in [-0.1, -0.05) is 97.1 Å². The molecule has 1 saturated heterocycles. The second-order valence-corrected chi connectivity index (χ2v) is 13.1. The smallest absolute Gasteiger partial charge is 0.257 e. The number of piperazine rings is 1. The zero-order valence-corrected chi connectivity index (χ0v) is 24.5. The number of hydrazone groups is 1. The molecule has 7 rings (SSSR count). The van der Waals surface area contributed by atoms with Crippen LogP contribution in [0.2, 0.25) is 0 Å². The summed E-state index contributed by atoms with van der Waals surface area (Å²) in [6, 6.07) is 37.4. The molecule has 0 aromatic heterocycles. The summed E-state index contributed by atoms with van der Waals surface area (Å²) in [6.07, 6.45) is 0.631. The molecule has 2 aliphatic rings. The molecule has 0 radical (unpaired) electrons. The van der Waals surface area contributed by atoms with E-state index in [-0.39, 0.29) is 18.5 Å². The van der Waals surface area contributed by atoms with Gasteiger partial charge in [0, 0.05) is 32.6 Å². The number of carbonyl (C=O) groups is 1. The Bertz CT molecular complexity index is 1950. The lowest BCUT2D eigenvalue weighted by atomic mass is 9.97. The lowest BCUT2D eigenvalue weighted by Gasteiger charge is -2.34. The highest BCUT2D eigenvalue weighted by atomic mass is 32.2. The van der Waals surface area contributed by atoms with Gasteiger partial charge in [0.05, 0.1) is 23.2 Å². The molecule has 2 heterocycles. The highest BCUT2D eigenvalue weighted by molar-refractivity contribution is 7.89. The Kier molecular flexibility index (Phi) is 7.26. The number of fused-ring (bicyclic) bond motifs is 2. The molecule has 5 aromatic rings. The van der Waals surface area contributed by atoms with E-state index >= 15 is 0 Å². The van der Waals surface area contributed by atoms with Gasteiger partial charge < -0.3 is 0 Å². The number of hydrogen-bond acceptors (Lipinski definition) is 5. The zero-order chi connectivity index (χ0) is 29.4. The van der Waals surface area contributed by atoms with Crippen molar-refractivity contribution in [2.45, 2.75) is 17.4 Å². The highest BCUT2D eigenvalue weighted by Gasteiger charge is 2.35. The van der Waals surface area contributed by atoms with Gasteiger partial charge in [-0.05, 0) is 50.9 Å². The predicted octanol–water partition coefficient (Wildman–Crippen LogP) is 5.68. The Labute approximate surface area is 251 Å². The fraction of sp³-hybridized carbons (Fsp3) is 0.200. The molecular weight excluding hydrogens is 556 g/mol. The van der Waals surface area contributed by atoms with Crippen LogP contribution in [0.15, 0.2) is 125 Å². The third kappa shape index (κ3) is 5.45. The maximum Gasteiger partial charge on any atom is 0.257 e. The molecule has 0 saturated carbocycles. The normalized spacial score (nSPS) is 18.3. The van der Waals surface area contributed by atoms with Crippen LogP contribution < -0.4 is 0 Å². The Morgan fingerprint density at radius 1 is 0.698 bits per heavy atom. The molecule has 8 heteroatoms. The summed E-state index contributed by atoms with van der Waals surface area (Å²) in [7, 11) is -3.63. The molecule has 0 unspecified atom stereocenters. The molecule has 216 valence electrons. The standard InChI is InChI=1S/C35H32N4O3S/c40-35(25-37-18-20-38(21-19-37)43(41,42)32-17-16-27-9-5-7-13-30(27)23-32)39-34(28-10-2-1-3-11-28)24-33(36-39)31-15-14-26-8-4-6-12-29(26)22-31/h1-17,22-23,34H,18-21,24-25H2/t34-/m0/s1. The van der Waals surface area contributed by atoms with Crippen molar-refractivity contribution in [1.82, 2.24) is 14.2 Å². The summed E-state index contributed by atoms with van der Waals surface area (Å²) in [5, 5.41) is 10.7. The lowest BCUT2D eigenvalue weighted by Crippen LogP contribution is -2.51. The van der Waals surface area contributed by atoms with Crippen molar-refractivity contribution in [2.24, 2.45) is 5.10 Å². The molecule has 43 heavy (non-hydrogen) atoms. The third-order valence-corrected chi connectivity index (χ3v) is 10.4. The number of amides is 1. The minimum Gasteiger partial charge on any atom is -0.292 e. The van der Waals surface area contributed by atoms with Gasteiger partial charge in [-0.3, -0.25) is 9.69 Å². The van der Waals surface area contributed by atoms with Crippen molar-refractivity contribution >= 4 is 43.2 Å². The number of carbonyl (C=O) groups excluding carboxylic acids is 1. The molecule has 7 nitrogen and oxygen atoms in total. The largest absolute Gasteiger partial charge is 0.292 e. The van der Waals surface area contributed by atoms with Gasteiger partial charge in [-0.15, -0.1) is 0 Å². The predicted molar refractivity (Wildman–Crippen MR) is 170 cm³/mol. The first-order chi connectivity index (χ1) is 21.0. The van der Waals surface area contributed by atoms with Crippen LogP contribution >= 0.6 is 0 Å². The zero-order valence-electron chi connectivity index (χ0n) is 23.7. The Morgan fingerprint density at radius 2 is 1.30 bits per heavy atom. The van der Waals surface area contributed by atoms with Crippen molar-refractivity contribution < 1.29 is 13.2 Å². The summed E-state index contributed by atoms with van der Waals surface area (Å²) in [5.74, 6) is -0.0875. The van der Waals surface area contributed by atoms with E-state index in [0.717, 1.165) is 33.0 Å². The van der Waals surface area contributed by atoms with Gasteiger partial charge in [0.1, 0.15) is 0 Å². The SMILES string of the molecule is O=C(CN1CCN(S(=O)(=O)c2ccc3ccccc3c2)CC1)N1N=C(c2ccc3ccccc3c2)C[C@H]1c1ccccc1. The first kappa shape index (κ1) is 27.5. The Morgan fingerprint density at radius 3 is 2.00 bits per heavy atom. The fourth-order valence-electron chi connectivity index (χ4n) is 6.09. The number of rotatable bonds is 6. The second kappa shape index (κ2) is 11.4. The number of hydrogen-bond donors (Lipinski definition) is 0. The van der Waals surface area contributed by atoms with E-state index in [1.165, 1.54) is 9.69 Å². The van der Waals surface area contributed by atoms with Crippen LogP contribution in [0.4, 0.5) is 0 Å². The van der Waals surface area contributed by atoms with E-state index in [4.69, 9.17) is 5.10 Å². The molecule has 0 N–H and O–H groups in total. The molecular formula is C35H32N4O3S. The quantitative estimate of drug-likeness (QED) is 0.256. The molecule has 2 aliphatic heterocycles. The summed E-state index contributed by atoms with van der Waals surface area (Å²) >= 11 is 0. The van der Waals surface area contributed by atoms with Gasteiger partial charge in [-0.25, -0.2) is 13.4 Å². The Balaban J connectivity index is 1.07. The van der Waals surface area contributed by atoms with Crippen LogP contribution in [0.3, 0.4) is 0 Å². The van der Waals surface area contributed by atoms with Crippen molar-refractivity contribution in [3.8, 4) is 0 Å². The van der Waals surface area contributed by atoms with Crippen LogP contribution in [-0.4, -0.2) is 67.0 Å². The van der Waals surface area contributed by atoms with Crippen molar-refractivity contribution in [3.63, 3.8) is 0 Å². The molecule has 0 bridgehead atoms. The minimum atomic E-state index is -3.63. The first-order valence-corrected chi connectivity index (χ1v) is 16.0. The molecule has 1 atom stereocenters. The summed E-state index contributed by atoms with van der Waals surface area (Å²) in [5.41, 5.74) is 2.95. The van der Waals surface area contributed by atoms with Gasteiger partial charge >= 0.3 is 0 Å². The average molecular weight is 589 g/mol. The molecule has 0 aliphatic carbocycles. The summed E-state index contributed by atoms with van der Waals surface area (Å²) in [4.78, 5) is 16.1. The maximum atomic E-state index is 13.8. The van der Waals surface area contributed by atoms with E-state index in [1.807, 2.05) is 77.7 Å². The topological polar surface area (TPSA) is 73.3 Å². The van der Waals surface area contributed by atoms with Gasteiger partial charge in [0.15, 0.2) is 0 Å². The van der Waals surface area contributed by atoms with Crippen LogP contribution in [0, 0.1) is 0 Å². The number of nitrogens with zero attached hydrogens (tertiary/aromatic N) is 4. The second-order valence-electron chi connectivity index (χ2n) is 11.2. The van der Waals surface area contributed by atoms with Crippen LogP contribution in [0.5, 0.6) is 0 Å². The molecule has 1 amide bonds.